The summed E-state index contributed by atoms with van der Waals surface area (Å²) >= 11 is 0. The monoisotopic (exact) mass is 997 g/mol. The van der Waals surface area contributed by atoms with Crippen LogP contribution < -0.4 is 9.80 Å². The van der Waals surface area contributed by atoms with Crippen molar-refractivity contribution in [1.29, 1.82) is 0 Å². The normalized spacial score (nSPS) is 21.5. The Labute approximate surface area is 455 Å². The predicted molar refractivity (Wildman–Crippen MR) is 322 cm³/mol. The summed E-state index contributed by atoms with van der Waals surface area (Å²) in [5.41, 5.74) is 35.6. The number of hydrogen-bond donors (Lipinski definition) is 0. The zero-order valence-electron chi connectivity index (χ0n) is 48.7. The zero-order chi connectivity index (χ0) is 53.3. The van der Waals surface area contributed by atoms with E-state index in [1.54, 1.807) is 11.1 Å². The zero-order valence-corrected chi connectivity index (χ0v) is 48.7. The average molecular weight is 997 g/mol. The van der Waals surface area contributed by atoms with E-state index < -0.39 is 0 Å². The Kier molecular flexibility index (Phi) is 9.60. The van der Waals surface area contributed by atoms with Crippen molar-refractivity contribution in [3.8, 4) is 11.1 Å². The van der Waals surface area contributed by atoms with Crippen LogP contribution in [0.15, 0.2) is 121 Å². The average Bonchev–Trinajstić information content (AvgIpc) is 4.04. The van der Waals surface area contributed by atoms with Crippen LogP contribution in [0.1, 0.15) is 224 Å². The van der Waals surface area contributed by atoms with Crippen LogP contribution in [0.5, 0.6) is 0 Å². The fourth-order valence-corrected chi connectivity index (χ4v) is 16.2. The summed E-state index contributed by atoms with van der Waals surface area (Å²) in [5.74, 6) is 0.0596. The number of rotatable bonds is 2. The van der Waals surface area contributed by atoms with E-state index in [2.05, 4.69) is 236 Å². The summed E-state index contributed by atoms with van der Waals surface area (Å²) in [6, 6.07) is 47.4. The van der Waals surface area contributed by atoms with Crippen LogP contribution >= 0.6 is 0 Å². The van der Waals surface area contributed by atoms with Crippen molar-refractivity contribution >= 4 is 34.1 Å². The van der Waals surface area contributed by atoms with E-state index >= 15 is 0 Å². The summed E-state index contributed by atoms with van der Waals surface area (Å²) in [6.45, 7) is 39.6. The number of anilines is 5. The molecule has 2 heteroatoms. The summed E-state index contributed by atoms with van der Waals surface area (Å²) in [6.07, 6.45) is 6.65. The molecule has 2 aliphatic heterocycles. The molecular formula is C74H80N2. The van der Waals surface area contributed by atoms with Gasteiger partial charge in [0.05, 0.1) is 28.4 Å². The van der Waals surface area contributed by atoms with Gasteiger partial charge < -0.3 is 9.80 Å². The van der Waals surface area contributed by atoms with E-state index in [0.717, 1.165) is 12.8 Å². The van der Waals surface area contributed by atoms with Crippen LogP contribution in [0.25, 0.3) is 16.8 Å². The quantitative estimate of drug-likeness (QED) is 0.170. The first kappa shape index (κ1) is 48.3. The highest BCUT2D eigenvalue weighted by molar-refractivity contribution is 6.04. The van der Waals surface area contributed by atoms with Gasteiger partial charge in [-0.05, 0) is 203 Å². The van der Waals surface area contributed by atoms with Crippen molar-refractivity contribution in [2.75, 3.05) is 9.80 Å². The molecular weight excluding hydrogens is 917 g/mol. The van der Waals surface area contributed by atoms with Crippen LogP contribution in [0.3, 0.4) is 0 Å². The van der Waals surface area contributed by atoms with E-state index in [1.165, 1.54) is 154 Å². The highest BCUT2D eigenvalue weighted by Crippen LogP contribution is 2.66. The Morgan fingerprint density at radius 1 is 0.434 bits per heavy atom. The van der Waals surface area contributed by atoms with Crippen molar-refractivity contribution in [2.45, 2.75) is 193 Å². The van der Waals surface area contributed by atoms with Crippen LogP contribution in [0, 0.1) is 6.92 Å². The first-order valence-electron chi connectivity index (χ1n) is 29.0. The Morgan fingerprint density at radius 2 is 0.987 bits per heavy atom. The lowest BCUT2D eigenvalue weighted by molar-refractivity contribution is 0.329. The third-order valence-corrected chi connectivity index (χ3v) is 21.1. The fourth-order valence-electron chi connectivity index (χ4n) is 16.2. The lowest BCUT2D eigenvalue weighted by atomic mass is 9.55. The van der Waals surface area contributed by atoms with Gasteiger partial charge in [0.25, 0.3) is 0 Å². The molecule has 0 spiro atoms. The molecule has 2 nitrogen and oxygen atoms in total. The molecule has 14 rings (SSSR count). The van der Waals surface area contributed by atoms with E-state index in [4.69, 9.17) is 0 Å². The maximum atomic E-state index is 2.77. The lowest BCUT2D eigenvalue weighted by Gasteiger charge is -2.50. The molecule has 2 heterocycles. The summed E-state index contributed by atoms with van der Waals surface area (Å²) < 4.78 is 0. The maximum absolute atomic E-state index is 2.77. The van der Waals surface area contributed by atoms with Crippen LogP contribution in [0.4, 0.5) is 28.4 Å². The Morgan fingerprint density at radius 3 is 1.63 bits per heavy atom. The summed E-state index contributed by atoms with van der Waals surface area (Å²) in [4.78, 5) is 5.53. The molecule has 76 heavy (non-hydrogen) atoms. The van der Waals surface area contributed by atoms with Crippen molar-refractivity contribution in [1.82, 2.24) is 0 Å². The standard InChI is InChI=1S/C74H80N2/c1-42-32-63-66-64(33-42)76(61-23-19-22-48-47-21-18-17-20-43(47)34-50(48)61)62-41-60-57(73(13,14)58-39-55-56(40-59(58)74(60,15)16)72(11,12)31-30-71(55,9)10)38-51(62)65(66)52-35-44-24-25-45(68(2,3)4)36-49(44)67(52)75(63)46-26-27-53-54(37-46)70(7,8)29-28-69(53,5)6/h17-27,32-33,36-41,65H,28-31,34-35H2,1-16H3. The summed E-state index contributed by atoms with van der Waals surface area (Å²) in [5, 5.41) is 0. The molecule has 386 valence electrons. The topological polar surface area (TPSA) is 6.48 Å². The van der Waals surface area contributed by atoms with Gasteiger partial charge in [0.2, 0.25) is 0 Å². The highest BCUT2D eigenvalue weighted by atomic mass is 15.2. The highest BCUT2D eigenvalue weighted by Gasteiger charge is 2.51. The molecule has 0 N–H and O–H groups in total. The smallest absolute Gasteiger partial charge is 0.0542 e. The van der Waals surface area contributed by atoms with Crippen LogP contribution in [-0.4, -0.2) is 0 Å². The third kappa shape index (κ3) is 6.45. The van der Waals surface area contributed by atoms with Gasteiger partial charge in [-0.15, -0.1) is 0 Å². The lowest BCUT2D eigenvalue weighted by Crippen LogP contribution is -2.41. The van der Waals surface area contributed by atoms with E-state index in [9.17, 15) is 0 Å². The Bertz CT molecular complexity index is 3770. The van der Waals surface area contributed by atoms with Crippen molar-refractivity contribution in [3.05, 3.63) is 210 Å². The maximum Gasteiger partial charge on any atom is 0.0542 e. The molecule has 0 saturated carbocycles. The van der Waals surface area contributed by atoms with Crippen molar-refractivity contribution < 1.29 is 0 Å². The van der Waals surface area contributed by atoms with Gasteiger partial charge in [0.1, 0.15) is 0 Å². The number of hydrogen-bond acceptors (Lipinski definition) is 2. The Hall–Kier alpha value is -6.12. The van der Waals surface area contributed by atoms with Crippen molar-refractivity contribution in [2.24, 2.45) is 0 Å². The second kappa shape index (κ2) is 15.1. The van der Waals surface area contributed by atoms with E-state index in [1.807, 2.05) is 0 Å². The molecule has 7 aromatic rings. The van der Waals surface area contributed by atoms with Crippen LogP contribution in [-0.2, 0) is 50.7 Å². The predicted octanol–water partition coefficient (Wildman–Crippen LogP) is 19.6. The molecule has 7 aromatic carbocycles. The molecule has 7 aliphatic rings. The number of nitrogens with zero attached hydrogens (tertiary/aromatic N) is 2. The molecule has 1 unspecified atom stereocenters. The Balaban J connectivity index is 1.09. The molecule has 1 atom stereocenters. The van der Waals surface area contributed by atoms with Gasteiger partial charge in [-0.3, -0.25) is 0 Å². The van der Waals surface area contributed by atoms with E-state index in [0.29, 0.717) is 0 Å². The number of allylic oxidation sites excluding steroid dienone is 1. The molecule has 0 aromatic heterocycles. The minimum atomic E-state index is -0.240. The second-order valence-electron chi connectivity index (χ2n) is 29.5. The number of fused-ring (bicyclic) bond motifs is 12. The summed E-state index contributed by atoms with van der Waals surface area (Å²) in [7, 11) is 0. The van der Waals surface area contributed by atoms with E-state index in [-0.39, 0.29) is 43.8 Å². The fraction of sp³-hybridized carbons (Fsp3) is 0.405. The third-order valence-electron chi connectivity index (χ3n) is 21.1. The minimum Gasteiger partial charge on any atom is -0.309 e. The van der Waals surface area contributed by atoms with Crippen molar-refractivity contribution in [3.63, 3.8) is 0 Å². The molecule has 0 bridgehead atoms. The SMILES string of the molecule is Cc1cc2c3c(c1)N(c1cccc4c1Cc1ccccc1-4)c1cc4c(cc1C3C1=C(c3cc(C(C)(C)C)ccc3C1)N2c1ccc2c(c1)C(C)(C)CCC2(C)C)C(C)(C)c1cc2c(cc1C4(C)C)C(C)(C)CCC2(C)C. The first-order valence-corrected chi connectivity index (χ1v) is 29.0. The van der Waals surface area contributed by atoms with Gasteiger partial charge in [-0.1, -0.05) is 177 Å². The molecule has 0 fully saturated rings. The largest absolute Gasteiger partial charge is 0.309 e. The second-order valence-corrected chi connectivity index (χ2v) is 29.5. The van der Waals surface area contributed by atoms with Crippen LogP contribution in [0.2, 0.25) is 0 Å². The van der Waals surface area contributed by atoms with Gasteiger partial charge in [-0.2, -0.15) is 0 Å². The first-order chi connectivity index (χ1) is 35.7. The number of benzene rings is 7. The van der Waals surface area contributed by atoms with Gasteiger partial charge in [-0.25, -0.2) is 0 Å². The van der Waals surface area contributed by atoms with Gasteiger partial charge in [0, 0.05) is 40.0 Å². The molecule has 0 saturated heterocycles. The molecule has 0 amide bonds. The van der Waals surface area contributed by atoms with Gasteiger partial charge in [0.15, 0.2) is 0 Å². The minimum absolute atomic E-state index is 0.00638. The molecule has 0 radical (unpaired) electrons. The van der Waals surface area contributed by atoms with Gasteiger partial charge >= 0.3 is 0 Å². The molecule has 5 aliphatic carbocycles. The number of aryl methyl sites for hydroxylation is 1.